The van der Waals surface area contributed by atoms with Crippen LogP contribution in [0.15, 0.2) is 24.3 Å². The number of hydrogen-bond donors (Lipinski definition) is 2. The molecule has 0 amide bonds. The lowest BCUT2D eigenvalue weighted by atomic mass is 10.2. The summed E-state index contributed by atoms with van der Waals surface area (Å²) in [6.07, 6.45) is 0.259. The predicted octanol–water partition coefficient (Wildman–Crippen LogP) is 1.28. The largest absolute Gasteiger partial charge is 0.481 e. The molecule has 1 rings (SSSR count). The molecule has 0 aliphatic rings. The number of carboxylic acids is 1. The Hall–Kier alpha value is -1.40. The van der Waals surface area contributed by atoms with Gasteiger partial charge in [0, 0.05) is 13.0 Å². The van der Waals surface area contributed by atoms with Gasteiger partial charge in [-0.15, -0.1) is 0 Å². The van der Waals surface area contributed by atoms with E-state index in [2.05, 4.69) is 4.72 Å². The summed E-state index contributed by atoms with van der Waals surface area (Å²) in [5.74, 6) is -1.00. The summed E-state index contributed by atoms with van der Waals surface area (Å²) in [4.78, 5) is 10.3. The lowest BCUT2D eigenvalue weighted by Gasteiger charge is -2.06. The third-order valence-corrected chi connectivity index (χ3v) is 3.69. The second kappa shape index (κ2) is 6.51. The van der Waals surface area contributed by atoms with E-state index in [1.54, 1.807) is 6.07 Å². The minimum absolute atomic E-state index is 0.0348. The van der Waals surface area contributed by atoms with Crippen LogP contribution >= 0.6 is 0 Å². The van der Waals surface area contributed by atoms with Crippen LogP contribution in [0, 0.1) is 6.92 Å². The maximum atomic E-state index is 11.7. The first-order valence-corrected chi connectivity index (χ1v) is 7.29. The Morgan fingerprint density at radius 3 is 2.72 bits per heavy atom. The van der Waals surface area contributed by atoms with Gasteiger partial charge in [0.2, 0.25) is 10.0 Å². The molecule has 0 bridgehead atoms. The van der Waals surface area contributed by atoms with E-state index in [1.807, 2.05) is 25.1 Å². The van der Waals surface area contributed by atoms with Crippen LogP contribution in [0.5, 0.6) is 0 Å². The van der Waals surface area contributed by atoms with E-state index in [4.69, 9.17) is 5.11 Å². The second-order valence-corrected chi connectivity index (χ2v) is 5.95. The van der Waals surface area contributed by atoms with Crippen molar-refractivity contribution in [3.05, 3.63) is 35.4 Å². The summed E-state index contributed by atoms with van der Waals surface area (Å²) in [6, 6.07) is 7.28. The first-order valence-electron chi connectivity index (χ1n) is 5.64. The Kier molecular flexibility index (Phi) is 5.30. The molecule has 0 atom stereocenters. The SMILES string of the molecule is Cc1cccc(CS(=O)(=O)NCCCC(=O)O)c1. The fourth-order valence-electron chi connectivity index (χ4n) is 1.54. The van der Waals surface area contributed by atoms with Crippen LogP contribution in [-0.4, -0.2) is 26.0 Å². The maximum Gasteiger partial charge on any atom is 0.303 e. The molecule has 0 aromatic heterocycles. The van der Waals surface area contributed by atoms with Crippen molar-refractivity contribution < 1.29 is 18.3 Å². The molecule has 0 radical (unpaired) electrons. The van der Waals surface area contributed by atoms with E-state index in [0.717, 1.165) is 11.1 Å². The van der Waals surface area contributed by atoms with E-state index in [1.165, 1.54) is 0 Å². The molecule has 1 aromatic rings. The van der Waals surface area contributed by atoms with Crippen molar-refractivity contribution >= 4 is 16.0 Å². The van der Waals surface area contributed by atoms with Crippen molar-refractivity contribution in [3.8, 4) is 0 Å². The van der Waals surface area contributed by atoms with Gasteiger partial charge in [-0.2, -0.15) is 0 Å². The third-order valence-electron chi connectivity index (χ3n) is 2.33. The third kappa shape index (κ3) is 5.79. The zero-order valence-corrected chi connectivity index (χ0v) is 11.0. The molecular weight excluding hydrogens is 254 g/mol. The maximum absolute atomic E-state index is 11.7. The monoisotopic (exact) mass is 271 g/mol. The molecule has 6 heteroatoms. The Balaban J connectivity index is 2.47. The van der Waals surface area contributed by atoms with Crippen molar-refractivity contribution in [1.29, 1.82) is 0 Å². The Morgan fingerprint density at radius 1 is 1.39 bits per heavy atom. The minimum Gasteiger partial charge on any atom is -0.481 e. The summed E-state index contributed by atoms with van der Waals surface area (Å²) in [5, 5.41) is 8.43. The highest BCUT2D eigenvalue weighted by molar-refractivity contribution is 7.88. The van der Waals surface area contributed by atoms with Gasteiger partial charge in [-0.05, 0) is 18.9 Å². The van der Waals surface area contributed by atoms with Gasteiger partial charge >= 0.3 is 5.97 Å². The molecule has 0 aliphatic heterocycles. The topological polar surface area (TPSA) is 83.5 Å². The predicted molar refractivity (Wildman–Crippen MR) is 68.7 cm³/mol. The van der Waals surface area contributed by atoms with Crippen molar-refractivity contribution in [2.24, 2.45) is 0 Å². The van der Waals surface area contributed by atoms with E-state index >= 15 is 0 Å². The number of carbonyl (C=O) groups is 1. The van der Waals surface area contributed by atoms with Crippen LogP contribution < -0.4 is 4.72 Å². The van der Waals surface area contributed by atoms with Gasteiger partial charge in [0.25, 0.3) is 0 Å². The highest BCUT2D eigenvalue weighted by Crippen LogP contribution is 2.07. The van der Waals surface area contributed by atoms with Gasteiger partial charge in [0.15, 0.2) is 0 Å². The number of hydrogen-bond acceptors (Lipinski definition) is 3. The molecule has 100 valence electrons. The smallest absolute Gasteiger partial charge is 0.303 e. The second-order valence-electron chi connectivity index (χ2n) is 4.14. The average Bonchev–Trinajstić information content (AvgIpc) is 2.23. The van der Waals surface area contributed by atoms with Crippen LogP contribution in [0.4, 0.5) is 0 Å². The Labute approximate surface area is 107 Å². The summed E-state index contributed by atoms with van der Waals surface area (Å²) in [5.41, 5.74) is 1.73. The van der Waals surface area contributed by atoms with Crippen LogP contribution in [0.3, 0.4) is 0 Å². The van der Waals surface area contributed by atoms with Crippen molar-refractivity contribution in [2.45, 2.75) is 25.5 Å². The molecule has 0 unspecified atom stereocenters. The molecule has 2 N–H and O–H groups in total. The van der Waals surface area contributed by atoms with Crippen LogP contribution in [0.2, 0.25) is 0 Å². The lowest BCUT2D eigenvalue weighted by Crippen LogP contribution is -2.26. The highest BCUT2D eigenvalue weighted by atomic mass is 32.2. The van der Waals surface area contributed by atoms with Gasteiger partial charge in [0.05, 0.1) is 5.75 Å². The van der Waals surface area contributed by atoms with Crippen molar-refractivity contribution in [3.63, 3.8) is 0 Å². The summed E-state index contributed by atoms with van der Waals surface area (Å²) < 4.78 is 25.8. The molecule has 1 aromatic carbocycles. The molecule has 18 heavy (non-hydrogen) atoms. The zero-order chi connectivity index (χ0) is 13.6. The number of benzene rings is 1. The molecular formula is C12H17NO4S. The minimum atomic E-state index is -3.39. The van der Waals surface area contributed by atoms with Gasteiger partial charge in [-0.25, -0.2) is 13.1 Å². The van der Waals surface area contributed by atoms with Crippen LogP contribution in [0.25, 0.3) is 0 Å². The number of carboxylic acid groups (broad SMARTS) is 1. The lowest BCUT2D eigenvalue weighted by molar-refractivity contribution is -0.137. The number of aryl methyl sites for hydroxylation is 1. The summed E-state index contributed by atoms with van der Waals surface area (Å²) in [6.45, 7) is 2.05. The van der Waals surface area contributed by atoms with Crippen molar-refractivity contribution in [2.75, 3.05) is 6.54 Å². The van der Waals surface area contributed by atoms with Crippen molar-refractivity contribution in [1.82, 2.24) is 4.72 Å². The molecule has 0 heterocycles. The number of aliphatic carboxylic acids is 1. The molecule has 0 saturated carbocycles. The van der Waals surface area contributed by atoms with Crippen LogP contribution in [0.1, 0.15) is 24.0 Å². The highest BCUT2D eigenvalue weighted by Gasteiger charge is 2.11. The van der Waals surface area contributed by atoms with Crippen LogP contribution in [-0.2, 0) is 20.6 Å². The molecule has 5 nitrogen and oxygen atoms in total. The number of rotatable bonds is 7. The number of sulfonamides is 1. The molecule has 0 spiro atoms. The van der Waals surface area contributed by atoms with E-state index in [-0.39, 0.29) is 18.7 Å². The van der Waals surface area contributed by atoms with Gasteiger partial charge in [-0.1, -0.05) is 29.8 Å². The standard InChI is InChI=1S/C12H17NO4S/c1-10-4-2-5-11(8-10)9-18(16,17)13-7-3-6-12(14)15/h2,4-5,8,13H,3,6-7,9H2,1H3,(H,14,15). The average molecular weight is 271 g/mol. The van der Waals surface area contributed by atoms with Gasteiger partial charge in [0.1, 0.15) is 0 Å². The fraction of sp³-hybridized carbons (Fsp3) is 0.417. The first kappa shape index (κ1) is 14.7. The van der Waals surface area contributed by atoms with E-state index in [9.17, 15) is 13.2 Å². The number of nitrogens with one attached hydrogen (secondary N) is 1. The van der Waals surface area contributed by atoms with E-state index < -0.39 is 16.0 Å². The summed E-state index contributed by atoms with van der Waals surface area (Å²) in [7, 11) is -3.39. The summed E-state index contributed by atoms with van der Waals surface area (Å²) >= 11 is 0. The molecule has 0 aliphatic carbocycles. The normalized spacial score (nSPS) is 11.4. The zero-order valence-electron chi connectivity index (χ0n) is 10.2. The molecule has 0 saturated heterocycles. The molecule has 0 fully saturated rings. The Bertz CT molecular complexity index is 511. The first-order chi connectivity index (χ1) is 8.39. The fourth-order valence-corrected chi connectivity index (χ4v) is 2.72. The van der Waals surface area contributed by atoms with E-state index in [0.29, 0.717) is 6.42 Å². The van der Waals surface area contributed by atoms with Gasteiger partial charge < -0.3 is 5.11 Å². The van der Waals surface area contributed by atoms with Gasteiger partial charge in [-0.3, -0.25) is 4.79 Å². The Morgan fingerprint density at radius 2 is 2.11 bits per heavy atom. The quantitative estimate of drug-likeness (QED) is 0.732.